The first kappa shape index (κ1) is 14.0. The molecule has 1 aromatic rings. The molecule has 0 bridgehead atoms. The first-order valence-electron chi connectivity index (χ1n) is 6.64. The summed E-state index contributed by atoms with van der Waals surface area (Å²) in [6.07, 6.45) is 0.709. The fourth-order valence-electron chi connectivity index (χ4n) is 2.27. The van der Waals surface area contributed by atoms with Crippen molar-refractivity contribution < 1.29 is 9.90 Å². The summed E-state index contributed by atoms with van der Waals surface area (Å²) in [6, 6.07) is 7.99. The third-order valence-electron chi connectivity index (χ3n) is 4.00. The monoisotopic (exact) mass is 262 g/mol. The molecule has 1 heterocycles. The summed E-state index contributed by atoms with van der Waals surface area (Å²) in [4.78, 5) is 14.1. The number of hydrogen-bond acceptors (Lipinski definition) is 3. The van der Waals surface area contributed by atoms with Crippen LogP contribution >= 0.6 is 0 Å². The molecule has 1 aliphatic heterocycles. The number of carbonyl (C=O) groups excluding carboxylic acids is 1. The van der Waals surface area contributed by atoms with Gasteiger partial charge >= 0.3 is 0 Å². The van der Waals surface area contributed by atoms with Crippen LogP contribution in [-0.2, 0) is 17.8 Å². The number of aliphatic hydroxyl groups is 1. The Labute approximate surface area is 114 Å². The van der Waals surface area contributed by atoms with E-state index in [0.29, 0.717) is 6.42 Å². The van der Waals surface area contributed by atoms with Gasteiger partial charge < -0.3 is 15.3 Å². The van der Waals surface area contributed by atoms with Crippen LogP contribution in [-0.4, -0.2) is 41.1 Å². The van der Waals surface area contributed by atoms with Gasteiger partial charge in [-0.15, -0.1) is 0 Å². The number of fused-ring (bicyclic) bond motifs is 1. The smallest absolute Gasteiger partial charge is 0.240 e. The van der Waals surface area contributed by atoms with Gasteiger partial charge in [0.2, 0.25) is 5.91 Å². The van der Waals surface area contributed by atoms with Gasteiger partial charge in [-0.25, -0.2) is 0 Å². The Morgan fingerprint density at radius 1 is 1.42 bits per heavy atom. The zero-order valence-corrected chi connectivity index (χ0v) is 11.8. The highest BCUT2D eigenvalue weighted by molar-refractivity contribution is 5.83. The van der Waals surface area contributed by atoms with Gasteiger partial charge in [0.15, 0.2) is 0 Å². The van der Waals surface area contributed by atoms with E-state index in [1.165, 1.54) is 11.1 Å². The quantitative estimate of drug-likeness (QED) is 0.852. The maximum atomic E-state index is 12.5. The van der Waals surface area contributed by atoms with E-state index in [9.17, 15) is 9.90 Å². The van der Waals surface area contributed by atoms with E-state index < -0.39 is 5.54 Å². The Bertz CT molecular complexity index is 471. The molecule has 2 rings (SSSR count). The molecule has 0 spiro atoms. The van der Waals surface area contributed by atoms with Gasteiger partial charge in [0.05, 0.1) is 18.2 Å². The minimum atomic E-state index is -0.532. The molecule has 1 amide bonds. The van der Waals surface area contributed by atoms with Gasteiger partial charge in [-0.2, -0.15) is 0 Å². The molecule has 1 aromatic carbocycles. The second-order valence-corrected chi connectivity index (χ2v) is 5.77. The van der Waals surface area contributed by atoms with Crippen molar-refractivity contribution in [2.24, 2.45) is 0 Å². The van der Waals surface area contributed by atoms with Crippen molar-refractivity contribution in [1.82, 2.24) is 10.2 Å². The van der Waals surface area contributed by atoms with Gasteiger partial charge in [-0.3, -0.25) is 4.79 Å². The van der Waals surface area contributed by atoms with Gasteiger partial charge in [-0.1, -0.05) is 24.3 Å². The number of hydrogen-bond donors (Lipinski definition) is 2. The minimum absolute atomic E-state index is 0.0357. The van der Waals surface area contributed by atoms with Crippen LogP contribution in [0.3, 0.4) is 0 Å². The number of benzene rings is 1. The van der Waals surface area contributed by atoms with Crippen LogP contribution in [0, 0.1) is 0 Å². The van der Waals surface area contributed by atoms with Crippen molar-refractivity contribution in [2.45, 2.75) is 38.4 Å². The molecule has 0 aromatic heterocycles. The summed E-state index contributed by atoms with van der Waals surface area (Å²) in [5.41, 5.74) is 1.96. The third kappa shape index (κ3) is 2.80. The van der Waals surface area contributed by atoms with Crippen molar-refractivity contribution in [3.8, 4) is 0 Å². The SMILES string of the molecule is CN(C(=O)C1Cc2ccccc2CN1)C(C)(C)CO. The van der Waals surface area contributed by atoms with E-state index in [0.717, 1.165) is 6.54 Å². The lowest BCUT2D eigenvalue weighted by molar-refractivity contribution is -0.138. The molecular weight excluding hydrogens is 240 g/mol. The van der Waals surface area contributed by atoms with E-state index in [1.54, 1.807) is 11.9 Å². The highest BCUT2D eigenvalue weighted by atomic mass is 16.3. The molecule has 0 aliphatic carbocycles. The zero-order valence-electron chi connectivity index (χ0n) is 11.8. The number of nitrogens with one attached hydrogen (secondary N) is 1. The van der Waals surface area contributed by atoms with Crippen molar-refractivity contribution in [2.75, 3.05) is 13.7 Å². The summed E-state index contributed by atoms with van der Waals surface area (Å²) in [5, 5.41) is 12.6. The van der Waals surface area contributed by atoms with E-state index >= 15 is 0 Å². The minimum Gasteiger partial charge on any atom is -0.394 e. The lowest BCUT2D eigenvalue weighted by Gasteiger charge is -2.37. The van der Waals surface area contributed by atoms with E-state index in [2.05, 4.69) is 17.4 Å². The lowest BCUT2D eigenvalue weighted by Crippen LogP contribution is -2.55. The Morgan fingerprint density at radius 3 is 2.68 bits per heavy atom. The van der Waals surface area contributed by atoms with Crippen LogP contribution in [0.25, 0.3) is 0 Å². The standard InChI is InChI=1S/C15H22N2O2/c1-15(2,10-18)17(3)14(19)13-8-11-6-4-5-7-12(11)9-16-13/h4-7,13,16,18H,8-10H2,1-3H3. The molecule has 1 unspecified atom stereocenters. The average molecular weight is 262 g/mol. The average Bonchev–Trinajstić information content (AvgIpc) is 2.45. The van der Waals surface area contributed by atoms with E-state index in [1.807, 2.05) is 26.0 Å². The first-order chi connectivity index (χ1) is 8.95. The molecule has 4 heteroatoms. The molecule has 1 aliphatic rings. The van der Waals surface area contributed by atoms with Crippen LogP contribution < -0.4 is 5.32 Å². The molecule has 1 atom stereocenters. The molecule has 0 radical (unpaired) electrons. The fourth-order valence-corrected chi connectivity index (χ4v) is 2.27. The number of rotatable bonds is 3. The molecule has 0 saturated carbocycles. The van der Waals surface area contributed by atoms with Gasteiger partial charge in [0, 0.05) is 13.6 Å². The molecule has 4 nitrogen and oxygen atoms in total. The molecule has 0 saturated heterocycles. The van der Waals surface area contributed by atoms with E-state index in [-0.39, 0.29) is 18.6 Å². The topological polar surface area (TPSA) is 52.6 Å². The van der Waals surface area contributed by atoms with Crippen LogP contribution in [0.15, 0.2) is 24.3 Å². The number of nitrogens with zero attached hydrogens (tertiary/aromatic N) is 1. The van der Waals surface area contributed by atoms with Crippen molar-refractivity contribution >= 4 is 5.91 Å². The van der Waals surface area contributed by atoms with Gasteiger partial charge in [0.1, 0.15) is 0 Å². The molecule has 104 valence electrons. The zero-order chi connectivity index (χ0) is 14.0. The van der Waals surface area contributed by atoms with Crippen molar-refractivity contribution in [3.63, 3.8) is 0 Å². The fraction of sp³-hybridized carbons (Fsp3) is 0.533. The summed E-state index contributed by atoms with van der Waals surface area (Å²) in [6.45, 7) is 4.40. The number of carbonyl (C=O) groups is 1. The predicted octanol–water partition coefficient (Wildman–Crippen LogP) is 0.930. The van der Waals surface area contributed by atoms with Crippen molar-refractivity contribution in [1.29, 1.82) is 0 Å². The summed E-state index contributed by atoms with van der Waals surface area (Å²) in [5.74, 6) is 0.0357. The highest BCUT2D eigenvalue weighted by Crippen LogP contribution is 2.19. The van der Waals surface area contributed by atoms with E-state index in [4.69, 9.17) is 0 Å². The Kier molecular flexibility index (Phi) is 3.92. The number of likely N-dealkylation sites (N-methyl/N-ethyl adjacent to an activating group) is 1. The van der Waals surface area contributed by atoms with Crippen LogP contribution in [0.5, 0.6) is 0 Å². The summed E-state index contributed by atoms with van der Waals surface area (Å²) in [7, 11) is 1.75. The number of amides is 1. The molecule has 0 fully saturated rings. The highest BCUT2D eigenvalue weighted by Gasteiger charge is 2.33. The maximum absolute atomic E-state index is 12.5. The third-order valence-corrected chi connectivity index (χ3v) is 4.00. The Hall–Kier alpha value is -1.39. The molecular formula is C15H22N2O2. The van der Waals surface area contributed by atoms with Crippen LogP contribution in [0.2, 0.25) is 0 Å². The lowest BCUT2D eigenvalue weighted by atomic mass is 9.94. The summed E-state index contributed by atoms with van der Waals surface area (Å²) < 4.78 is 0. The predicted molar refractivity (Wildman–Crippen MR) is 74.7 cm³/mol. The van der Waals surface area contributed by atoms with Crippen molar-refractivity contribution in [3.05, 3.63) is 35.4 Å². The normalized spacial score (nSPS) is 18.8. The van der Waals surface area contributed by atoms with Gasteiger partial charge in [0.25, 0.3) is 0 Å². The van der Waals surface area contributed by atoms with Crippen LogP contribution in [0.4, 0.5) is 0 Å². The second kappa shape index (κ2) is 5.31. The Morgan fingerprint density at radius 2 is 2.05 bits per heavy atom. The van der Waals surface area contributed by atoms with Crippen LogP contribution in [0.1, 0.15) is 25.0 Å². The van der Waals surface area contributed by atoms with Gasteiger partial charge in [-0.05, 0) is 31.4 Å². The molecule has 19 heavy (non-hydrogen) atoms. The first-order valence-corrected chi connectivity index (χ1v) is 6.64. The summed E-state index contributed by atoms with van der Waals surface area (Å²) >= 11 is 0. The Balaban J connectivity index is 2.11. The second-order valence-electron chi connectivity index (χ2n) is 5.77. The maximum Gasteiger partial charge on any atom is 0.240 e. The molecule has 2 N–H and O–H groups in total. The largest absolute Gasteiger partial charge is 0.394 e. The number of aliphatic hydroxyl groups excluding tert-OH is 1.